The lowest BCUT2D eigenvalue weighted by Gasteiger charge is -2.43. The molecule has 10 rings (SSSR count). The van der Waals surface area contributed by atoms with Crippen LogP contribution in [0, 0.1) is 0 Å². The molecule has 0 bridgehead atoms. The number of anilines is 6. The van der Waals surface area contributed by atoms with Crippen LogP contribution < -0.4 is 25.5 Å². The van der Waals surface area contributed by atoms with Gasteiger partial charge >= 0.3 is 0 Å². The molecule has 0 aliphatic carbocycles. The summed E-state index contributed by atoms with van der Waals surface area (Å²) in [4.78, 5) is 5.07. The third-order valence-corrected chi connectivity index (χ3v) is 13.2. The molecular formula is C50H47BN2OS. The summed E-state index contributed by atoms with van der Waals surface area (Å²) in [5, 5.41) is 3.61. The Kier molecular flexibility index (Phi) is 7.24. The number of furan rings is 1. The maximum absolute atomic E-state index is 6.65. The number of benzene rings is 6. The minimum absolute atomic E-state index is 0.0231. The topological polar surface area (TPSA) is 19.6 Å². The van der Waals surface area contributed by atoms with E-state index in [9.17, 15) is 0 Å². The van der Waals surface area contributed by atoms with Crippen molar-refractivity contribution >= 4 is 99.9 Å². The summed E-state index contributed by atoms with van der Waals surface area (Å²) in [5.74, 6) is 0. The predicted octanol–water partition coefficient (Wildman–Crippen LogP) is 12.8. The molecule has 4 heterocycles. The van der Waals surface area contributed by atoms with Gasteiger partial charge in [-0.05, 0) is 111 Å². The standard InChI is InChI=1S/C50H47BN2OS/c1-48(2,3)30-17-22-33(23-18-30)52-39-14-12-15-40-45(39)51(38-29-43-36(28-41(38)52)35-13-10-11-16-42(35)54-43)47-46(37-27-32(50(7,8)9)21-26-44(37)55-47)53(40)34-24-19-31(20-25-34)49(4,5)6/h10-29H,1-9H3. The van der Waals surface area contributed by atoms with Crippen molar-refractivity contribution in [3.63, 3.8) is 0 Å². The Balaban J connectivity index is 1.30. The maximum Gasteiger partial charge on any atom is 0.264 e. The molecule has 0 unspecified atom stereocenters. The van der Waals surface area contributed by atoms with E-state index in [1.807, 2.05) is 11.3 Å². The molecule has 0 saturated heterocycles. The molecule has 55 heavy (non-hydrogen) atoms. The molecule has 272 valence electrons. The minimum Gasteiger partial charge on any atom is -0.456 e. The van der Waals surface area contributed by atoms with Gasteiger partial charge in [-0.15, -0.1) is 11.3 Å². The van der Waals surface area contributed by atoms with Crippen LogP contribution in [0.15, 0.2) is 126 Å². The molecule has 0 spiro atoms. The van der Waals surface area contributed by atoms with Crippen LogP contribution in [0.2, 0.25) is 0 Å². The van der Waals surface area contributed by atoms with Gasteiger partial charge < -0.3 is 14.2 Å². The smallest absolute Gasteiger partial charge is 0.264 e. The summed E-state index contributed by atoms with van der Waals surface area (Å²) in [6.07, 6.45) is 0. The predicted molar refractivity (Wildman–Crippen MR) is 239 cm³/mol. The van der Waals surface area contributed by atoms with Gasteiger partial charge in [-0.3, -0.25) is 0 Å². The second-order valence-electron chi connectivity index (χ2n) is 18.7. The Labute approximate surface area is 329 Å². The van der Waals surface area contributed by atoms with Crippen molar-refractivity contribution in [2.45, 2.75) is 78.6 Å². The Morgan fingerprint density at radius 1 is 0.491 bits per heavy atom. The van der Waals surface area contributed by atoms with E-state index in [1.165, 1.54) is 70.9 Å². The SMILES string of the molecule is CC(C)(C)c1ccc(N2c3cc4c(cc3B3c5sc6ccc(C(C)(C)C)cc6c5N(c5ccc(C(C)(C)C)cc5)c5cccc2c53)oc2ccccc24)cc1. The number of rotatable bonds is 2. The molecule has 2 aliphatic rings. The van der Waals surface area contributed by atoms with Crippen LogP contribution in [0.25, 0.3) is 32.0 Å². The van der Waals surface area contributed by atoms with Crippen molar-refractivity contribution in [1.82, 2.24) is 0 Å². The first-order valence-corrected chi connectivity index (χ1v) is 20.4. The van der Waals surface area contributed by atoms with Gasteiger partial charge in [0.2, 0.25) is 0 Å². The fraction of sp³-hybridized carbons (Fsp3) is 0.240. The number of fused-ring (bicyclic) bond motifs is 9. The fourth-order valence-corrected chi connectivity index (χ4v) is 10.2. The summed E-state index contributed by atoms with van der Waals surface area (Å²) in [6.45, 7) is 20.7. The highest BCUT2D eigenvalue weighted by Crippen LogP contribution is 2.49. The van der Waals surface area contributed by atoms with E-state index in [1.54, 1.807) is 0 Å². The van der Waals surface area contributed by atoms with E-state index in [4.69, 9.17) is 4.42 Å². The van der Waals surface area contributed by atoms with Gasteiger partial charge in [-0.2, -0.15) is 0 Å². The van der Waals surface area contributed by atoms with E-state index in [0.29, 0.717) is 0 Å². The summed E-state index contributed by atoms with van der Waals surface area (Å²) in [5.41, 5.74) is 15.9. The van der Waals surface area contributed by atoms with Crippen molar-refractivity contribution in [2.24, 2.45) is 0 Å². The molecule has 5 heteroatoms. The first-order chi connectivity index (χ1) is 26.2. The first-order valence-electron chi connectivity index (χ1n) is 19.6. The van der Waals surface area contributed by atoms with Crippen LogP contribution in [0.3, 0.4) is 0 Å². The molecule has 2 aliphatic heterocycles. The molecule has 0 fully saturated rings. The number of hydrogen-bond donors (Lipinski definition) is 0. The van der Waals surface area contributed by atoms with E-state index in [-0.39, 0.29) is 23.0 Å². The highest BCUT2D eigenvalue weighted by atomic mass is 32.1. The molecule has 0 N–H and O–H groups in total. The van der Waals surface area contributed by atoms with Gasteiger partial charge in [0.25, 0.3) is 6.71 Å². The summed E-state index contributed by atoms with van der Waals surface area (Å²) < 4.78 is 9.34. The molecular weight excluding hydrogens is 687 g/mol. The lowest BCUT2D eigenvalue weighted by Crippen LogP contribution is -2.60. The van der Waals surface area contributed by atoms with Crippen LogP contribution in [-0.4, -0.2) is 6.71 Å². The molecule has 8 aromatic rings. The van der Waals surface area contributed by atoms with Gasteiger partial charge in [-0.25, -0.2) is 0 Å². The van der Waals surface area contributed by atoms with Gasteiger partial charge in [0, 0.05) is 54.1 Å². The van der Waals surface area contributed by atoms with Crippen molar-refractivity contribution in [3.8, 4) is 0 Å². The third kappa shape index (κ3) is 5.23. The van der Waals surface area contributed by atoms with E-state index >= 15 is 0 Å². The van der Waals surface area contributed by atoms with Gasteiger partial charge in [0.1, 0.15) is 11.2 Å². The monoisotopic (exact) mass is 734 g/mol. The molecule has 0 saturated carbocycles. The summed E-state index contributed by atoms with van der Waals surface area (Å²) in [7, 11) is 0. The van der Waals surface area contributed by atoms with Crippen molar-refractivity contribution < 1.29 is 4.42 Å². The van der Waals surface area contributed by atoms with E-state index in [2.05, 4.69) is 193 Å². The number of nitrogens with zero attached hydrogens (tertiary/aromatic N) is 2. The van der Waals surface area contributed by atoms with Crippen molar-refractivity contribution in [1.29, 1.82) is 0 Å². The van der Waals surface area contributed by atoms with Crippen LogP contribution in [0.1, 0.15) is 79.0 Å². The largest absolute Gasteiger partial charge is 0.456 e. The van der Waals surface area contributed by atoms with E-state index < -0.39 is 0 Å². The molecule has 0 radical (unpaired) electrons. The van der Waals surface area contributed by atoms with Gasteiger partial charge in [0.05, 0.1) is 5.69 Å². The number of para-hydroxylation sites is 1. The van der Waals surface area contributed by atoms with Gasteiger partial charge in [-0.1, -0.05) is 117 Å². The number of hydrogen-bond acceptors (Lipinski definition) is 4. The zero-order valence-electron chi connectivity index (χ0n) is 33.3. The van der Waals surface area contributed by atoms with Crippen LogP contribution in [0.5, 0.6) is 0 Å². The number of thiophene rings is 1. The van der Waals surface area contributed by atoms with Gasteiger partial charge in [0.15, 0.2) is 0 Å². The van der Waals surface area contributed by atoms with Crippen LogP contribution >= 0.6 is 11.3 Å². The molecule has 0 amide bonds. The van der Waals surface area contributed by atoms with Crippen molar-refractivity contribution in [3.05, 3.63) is 138 Å². The zero-order chi connectivity index (χ0) is 38.2. The van der Waals surface area contributed by atoms with Crippen LogP contribution in [0.4, 0.5) is 34.1 Å². The Bertz CT molecular complexity index is 2820. The average Bonchev–Trinajstić information content (AvgIpc) is 3.71. The quantitative estimate of drug-likeness (QED) is 0.165. The molecule has 0 atom stereocenters. The van der Waals surface area contributed by atoms with Crippen LogP contribution in [-0.2, 0) is 16.2 Å². The summed E-state index contributed by atoms with van der Waals surface area (Å²) in [6, 6.07) is 45.8. The third-order valence-electron chi connectivity index (χ3n) is 11.9. The Hall–Kier alpha value is -5.26. The second kappa shape index (κ2) is 11.6. The normalized spacial score (nSPS) is 14.2. The average molecular weight is 735 g/mol. The lowest BCUT2D eigenvalue weighted by molar-refractivity contribution is 0.590. The highest BCUT2D eigenvalue weighted by molar-refractivity contribution is 7.33. The molecule has 6 aromatic carbocycles. The Morgan fingerprint density at radius 2 is 1.07 bits per heavy atom. The maximum atomic E-state index is 6.65. The summed E-state index contributed by atoms with van der Waals surface area (Å²) >= 11 is 1.95. The first kappa shape index (κ1) is 34.3. The highest BCUT2D eigenvalue weighted by Gasteiger charge is 2.45. The fourth-order valence-electron chi connectivity index (χ4n) is 8.87. The lowest BCUT2D eigenvalue weighted by atomic mass is 9.36. The minimum atomic E-state index is 0.0231. The van der Waals surface area contributed by atoms with E-state index in [0.717, 1.165) is 27.6 Å². The Morgan fingerprint density at radius 3 is 1.71 bits per heavy atom. The molecule has 3 nitrogen and oxygen atoms in total. The van der Waals surface area contributed by atoms with Crippen molar-refractivity contribution in [2.75, 3.05) is 9.80 Å². The second-order valence-corrected chi connectivity index (χ2v) is 19.8. The molecule has 2 aromatic heterocycles. The zero-order valence-corrected chi connectivity index (χ0v) is 34.2.